The van der Waals surface area contributed by atoms with Crippen molar-refractivity contribution in [3.63, 3.8) is 0 Å². The first-order chi connectivity index (χ1) is 16.1. The zero-order chi connectivity index (χ0) is 24.3. The average molecular weight is 507 g/mol. The van der Waals surface area contributed by atoms with Crippen molar-refractivity contribution in [3.8, 4) is 0 Å². The van der Waals surface area contributed by atoms with Crippen LogP contribution in [0.15, 0.2) is 18.2 Å². The van der Waals surface area contributed by atoms with Gasteiger partial charge in [0, 0.05) is 26.1 Å². The van der Waals surface area contributed by atoms with Crippen molar-refractivity contribution in [1.29, 1.82) is 0 Å². The van der Waals surface area contributed by atoms with Gasteiger partial charge in [-0.2, -0.15) is 0 Å². The molecule has 2 N–H and O–H groups in total. The first-order valence-electron chi connectivity index (χ1n) is 12.9. The van der Waals surface area contributed by atoms with Gasteiger partial charge in [-0.1, -0.05) is 43.1 Å². The highest BCUT2D eigenvalue weighted by Gasteiger charge is 2.60. The number of hydrogen-bond acceptors (Lipinski definition) is 2. The number of nitrogens with zero attached hydrogens (tertiary/aromatic N) is 1. The molecule has 1 aromatic rings. The fourth-order valence-electron chi connectivity index (χ4n) is 8.58. The molecule has 1 aromatic carbocycles. The van der Waals surface area contributed by atoms with Crippen molar-refractivity contribution in [2.45, 2.75) is 71.3 Å². The summed E-state index contributed by atoms with van der Waals surface area (Å²) in [7, 11) is 2.02. The molecule has 4 fully saturated rings. The summed E-state index contributed by atoms with van der Waals surface area (Å²) < 4.78 is 0. The van der Waals surface area contributed by atoms with E-state index in [9.17, 15) is 9.59 Å². The predicted octanol–water partition coefficient (Wildman–Crippen LogP) is 6.59. The van der Waals surface area contributed by atoms with E-state index in [0.717, 1.165) is 18.8 Å². The number of halogens is 2. The van der Waals surface area contributed by atoms with E-state index in [1.54, 1.807) is 18.2 Å². The molecule has 5 nitrogen and oxygen atoms in total. The highest BCUT2D eigenvalue weighted by atomic mass is 35.5. The van der Waals surface area contributed by atoms with Gasteiger partial charge in [0.2, 0.25) is 5.91 Å². The Balaban J connectivity index is 1.24. The monoisotopic (exact) mass is 505 g/mol. The summed E-state index contributed by atoms with van der Waals surface area (Å²) in [6.07, 6.45) is 8.99. The number of likely N-dealkylation sites (tertiary alicyclic amines) is 1. The largest absolute Gasteiger partial charge is 0.342 e. The third-order valence-electron chi connectivity index (χ3n) is 10.5. The van der Waals surface area contributed by atoms with Crippen LogP contribution in [-0.2, 0) is 4.79 Å². The number of fused-ring (bicyclic) bond motifs is 5. The SMILES string of the molecule is CN1C(=O)CC[C@@]2(C)C1CC[C@@H]1[C@H]2CC[C@]2(C)C(CNC(=O)Nc3cccc(Cl)c3Cl)CC[C@@H]12. The molecule has 5 rings (SSSR count). The summed E-state index contributed by atoms with van der Waals surface area (Å²) in [6, 6.07) is 5.42. The maximum absolute atomic E-state index is 12.6. The molecule has 0 radical (unpaired) electrons. The molecule has 3 aliphatic carbocycles. The predicted molar refractivity (Wildman–Crippen MR) is 137 cm³/mol. The Bertz CT molecular complexity index is 987. The van der Waals surface area contributed by atoms with E-state index in [1.165, 1.54) is 32.1 Å². The molecular weight excluding hydrogens is 469 g/mol. The number of anilines is 1. The van der Waals surface area contributed by atoms with Gasteiger partial charge in [-0.05, 0) is 91.6 Å². The minimum atomic E-state index is -0.229. The van der Waals surface area contributed by atoms with E-state index in [1.807, 2.05) is 7.05 Å². The van der Waals surface area contributed by atoms with Gasteiger partial charge < -0.3 is 15.5 Å². The number of nitrogens with one attached hydrogen (secondary N) is 2. The maximum Gasteiger partial charge on any atom is 0.319 e. The summed E-state index contributed by atoms with van der Waals surface area (Å²) in [5.74, 6) is 2.97. The highest BCUT2D eigenvalue weighted by Crippen LogP contribution is 2.66. The number of hydrogen-bond donors (Lipinski definition) is 2. The Hall–Kier alpha value is -1.46. The molecule has 3 saturated carbocycles. The number of amides is 3. The average Bonchev–Trinajstić information content (AvgIpc) is 3.14. The standard InChI is InChI=1S/C27H37Cl2N3O2/c1-26-13-11-19-17(8-10-22-27(19,2)14-12-23(33)32(22)3)18(26)9-7-16(26)15-30-25(34)31-21-6-4-5-20(28)24(21)29/h4-6,16-19,22H,7-15H2,1-3H3,(H2,30,31,34)/t16?,17-,18-,19+,22?,26+,27+/m0/s1. The first kappa shape index (κ1) is 24.2. The van der Waals surface area contributed by atoms with Gasteiger partial charge in [0.25, 0.3) is 0 Å². The van der Waals surface area contributed by atoms with Crippen LogP contribution in [0.25, 0.3) is 0 Å². The van der Waals surface area contributed by atoms with Crippen LogP contribution < -0.4 is 10.6 Å². The van der Waals surface area contributed by atoms with Crippen molar-refractivity contribution >= 4 is 40.8 Å². The second kappa shape index (κ2) is 8.89. The van der Waals surface area contributed by atoms with Crippen molar-refractivity contribution in [2.24, 2.45) is 34.5 Å². The lowest BCUT2D eigenvalue weighted by Gasteiger charge is -2.61. The van der Waals surface area contributed by atoms with E-state index in [2.05, 4.69) is 29.4 Å². The Morgan fingerprint density at radius 3 is 2.62 bits per heavy atom. The topological polar surface area (TPSA) is 61.4 Å². The van der Waals surface area contributed by atoms with Crippen LogP contribution in [0.1, 0.15) is 65.2 Å². The molecule has 0 bridgehead atoms. The molecule has 3 amide bonds. The molecule has 34 heavy (non-hydrogen) atoms. The number of urea groups is 1. The number of benzene rings is 1. The lowest BCUT2D eigenvalue weighted by atomic mass is 9.47. The van der Waals surface area contributed by atoms with Crippen LogP contribution in [0, 0.1) is 34.5 Å². The third kappa shape index (κ3) is 3.82. The summed E-state index contributed by atoms with van der Waals surface area (Å²) in [5, 5.41) is 6.76. The van der Waals surface area contributed by atoms with Crippen molar-refractivity contribution in [3.05, 3.63) is 28.2 Å². The van der Waals surface area contributed by atoms with Crippen LogP contribution in [0.2, 0.25) is 10.0 Å². The Morgan fingerprint density at radius 2 is 1.82 bits per heavy atom. The van der Waals surface area contributed by atoms with E-state index < -0.39 is 0 Å². The van der Waals surface area contributed by atoms with Crippen molar-refractivity contribution in [2.75, 3.05) is 18.9 Å². The summed E-state index contributed by atoms with van der Waals surface area (Å²) in [6.45, 7) is 5.63. The molecule has 1 aliphatic heterocycles. The lowest BCUT2D eigenvalue weighted by molar-refractivity contribution is -0.158. The summed E-state index contributed by atoms with van der Waals surface area (Å²) in [5.41, 5.74) is 1.05. The zero-order valence-electron chi connectivity index (χ0n) is 20.5. The van der Waals surface area contributed by atoms with Gasteiger partial charge in [-0.3, -0.25) is 4.79 Å². The molecule has 1 heterocycles. The fraction of sp³-hybridized carbons (Fsp3) is 0.704. The van der Waals surface area contributed by atoms with E-state index in [-0.39, 0.29) is 16.9 Å². The molecular formula is C27H37Cl2N3O2. The van der Waals surface area contributed by atoms with Crippen LogP contribution in [0.3, 0.4) is 0 Å². The maximum atomic E-state index is 12.6. The second-order valence-corrected chi connectivity index (χ2v) is 12.5. The minimum absolute atomic E-state index is 0.229. The van der Waals surface area contributed by atoms with Gasteiger partial charge >= 0.3 is 6.03 Å². The van der Waals surface area contributed by atoms with Gasteiger partial charge in [0.15, 0.2) is 0 Å². The molecule has 7 atom stereocenters. The molecule has 1 saturated heterocycles. The Kier molecular flexibility index (Phi) is 6.34. The van der Waals surface area contributed by atoms with Gasteiger partial charge in [-0.15, -0.1) is 0 Å². The van der Waals surface area contributed by atoms with E-state index in [4.69, 9.17) is 23.2 Å². The van der Waals surface area contributed by atoms with Gasteiger partial charge in [0.05, 0.1) is 15.7 Å². The number of piperidine rings is 1. The van der Waals surface area contributed by atoms with Crippen LogP contribution in [0.5, 0.6) is 0 Å². The summed E-state index contributed by atoms with van der Waals surface area (Å²) in [4.78, 5) is 27.1. The second-order valence-electron chi connectivity index (χ2n) is 11.7. The molecule has 186 valence electrons. The Morgan fingerprint density at radius 1 is 1.06 bits per heavy atom. The van der Waals surface area contributed by atoms with Gasteiger partial charge in [-0.25, -0.2) is 4.79 Å². The molecule has 4 aliphatic rings. The van der Waals surface area contributed by atoms with E-state index >= 15 is 0 Å². The van der Waals surface area contributed by atoms with Gasteiger partial charge in [0.1, 0.15) is 0 Å². The number of carbonyl (C=O) groups is 2. The normalized spacial score (nSPS) is 39.1. The highest BCUT2D eigenvalue weighted by molar-refractivity contribution is 6.43. The number of rotatable bonds is 3. The first-order valence-corrected chi connectivity index (χ1v) is 13.7. The third-order valence-corrected chi connectivity index (χ3v) is 11.3. The van der Waals surface area contributed by atoms with Crippen molar-refractivity contribution < 1.29 is 9.59 Å². The quantitative estimate of drug-likeness (QED) is 0.486. The number of carbonyl (C=O) groups excluding carboxylic acids is 2. The van der Waals surface area contributed by atoms with Crippen LogP contribution in [-0.4, -0.2) is 36.5 Å². The molecule has 0 aromatic heterocycles. The van der Waals surface area contributed by atoms with Crippen LogP contribution in [0.4, 0.5) is 10.5 Å². The van der Waals surface area contributed by atoms with Crippen LogP contribution >= 0.6 is 23.2 Å². The molecule has 2 unspecified atom stereocenters. The minimum Gasteiger partial charge on any atom is -0.342 e. The summed E-state index contributed by atoms with van der Waals surface area (Å²) >= 11 is 12.3. The fourth-order valence-corrected chi connectivity index (χ4v) is 8.93. The Labute approximate surface area is 213 Å². The zero-order valence-corrected chi connectivity index (χ0v) is 22.0. The smallest absolute Gasteiger partial charge is 0.319 e. The lowest BCUT2D eigenvalue weighted by Crippen LogP contribution is -2.61. The van der Waals surface area contributed by atoms with E-state index in [0.29, 0.717) is 58.4 Å². The molecule has 7 heteroatoms. The molecule has 0 spiro atoms. The van der Waals surface area contributed by atoms with Crippen molar-refractivity contribution in [1.82, 2.24) is 10.2 Å².